The van der Waals surface area contributed by atoms with E-state index < -0.39 is 53.1 Å². The molecule has 0 amide bonds. The van der Waals surface area contributed by atoms with Gasteiger partial charge < -0.3 is 25.1 Å². The Morgan fingerprint density at radius 1 is 1.44 bits per heavy atom. The highest BCUT2D eigenvalue weighted by molar-refractivity contribution is 8.00. The van der Waals surface area contributed by atoms with Crippen molar-refractivity contribution in [3.8, 4) is 0 Å². The highest BCUT2D eigenvalue weighted by Crippen LogP contribution is 2.44. The fourth-order valence-electron chi connectivity index (χ4n) is 2.35. The zero-order valence-corrected chi connectivity index (χ0v) is 15.6. The first-order valence-electron chi connectivity index (χ1n) is 7.87. The second-order valence-electron chi connectivity index (χ2n) is 6.68. The van der Waals surface area contributed by atoms with Crippen LogP contribution >= 0.6 is 11.8 Å². The number of ether oxygens (including phenoxy) is 3. The lowest BCUT2D eigenvalue weighted by molar-refractivity contribution is -0.0470. The summed E-state index contributed by atoms with van der Waals surface area (Å²) in [5.41, 5.74) is 3.78. The largest absolute Gasteiger partial charge is 0.509 e. The molecule has 1 aromatic heterocycles. The standard InChI is InChI=1S/C15H20FN3O7S/c1-15(2,3)26-14(23)25-10-7(6-24-13(21)22)27-11(9(10)16)19-5-4-8(17)18-12(19)20/h4-5,7,9-11H,6H2,1-3H3,(H,21,22)(H2,17,18,20)/t7-,9+,10-,11-/m1/s1. The molecule has 0 aromatic carbocycles. The number of rotatable bonds is 4. The molecule has 0 bridgehead atoms. The minimum absolute atomic E-state index is 0.0260. The zero-order valence-electron chi connectivity index (χ0n) is 14.8. The summed E-state index contributed by atoms with van der Waals surface area (Å²) in [7, 11) is 0. The van der Waals surface area contributed by atoms with Crippen molar-refractivity contribution in [2.24, 2.45) is 0 Å². The molecule has 2 rings (SSSR count). The van der Waals surface area contributed by atoms with Crippen molar-refractivity contribution in [2.75, 3.05) is 12.3 Å². The van der Waals surface area contributed by atoms with Gasteiger partial charge in [0.25, 0.3) is 0 Å². The summed E-state index contributed by atoms with van der Waals surface area (Å²) in [4.78, 5) is 38.1. The summed E-state index contributed by atoms with van der Waals surface area (Å²) in [6.45, 7) is 4.38. The van der Waals surface area contributed by atoms with Crippen LogP contribution in [0, 0.1) is 0 Å². The van der Waals surface area contributed by atoms with Crippen LogP contribution in [0.5, 0.6) is 0 Å². The lowest BCUT2D eigenvalue weighted by atomic mass is 10.1. The predicted molar refractivity (Wildman–Crippen MR) is 93.3 cm³/mol. The van der Waals surface area contributed by atoms with Crippen molar-refractivity contribution in [3.63, 3.8) is 0 Å². The molecule has 27 heavy (non-hydrogen) atoms. The molecule has 0 saturated carbocycles. The summed E-state index contributed by atoms with van der Waals surface area (Å²) in [6.07, 6.45) is -4.64. The Balaban J connectivity index is 2.23. The fourth-order valence-corrected chi connectivity index (χ4v) is 3.81. The molecule has 0 aliphatic carbocycles. The molecule has 1 saturated heterocycles. The van der Waals surface area contributed by atoms with Crippen LogP contribution in [0.25, 0.3) is 0 Å². The van der Waals surface area contributed by atoms with E-state index in [1.165, 1.54) is 12.3 Å². The normalized spacial score (nSPS) is 25.0. The third kappa shape index (κ3) is 5.49. The summed E-state index contributed by atoms with van der Waals surface area (Å²) < 4.78 is 30.6. The molecular formula is C15H20FN3O7S. The second kappa shape index (κ2) is 8.03. The van der Waals surface area contributed by atoms with Crippen molar-refractivity contribution in [2.45, 2.75) is 49.3 Å². The first-order chi connectivity index (χ1) is 12.5. The lowest BCUT2D eigenvalue weighted by Gasteiger charge is -2.24. The van der Waals surface area contributed by atoms with E-state index in [-0.39, 0.29) is 5.82 Å². The van der Waals surface area contributed by atoms with Gasteiger partial charge in [0.1, 0.15) is 23.4 Å². The van der Waals surface area contributed by atoms with Crippen LogP contribution in [-0.2, 0) is 14.2 Å². The number of nitrogen functional groups attached to an aromatic ring is 1. The minimum atomic E-state index is -1.84. The number of thioether (sulfide) groups is 1. The van der Waals surface area contributed by atoms with E-state index in [0.717, 1.165) is 16.3 Å². The van der Waals surface area contributed by atoms with Gasteiger partial charge in [-0.3, -0.25) is 4.57 Å². The van der Waals surface area contributed by atoms with Gasteiger partial charge in [-0.15, -0.1) is 11.8 Å². The van der Waals surface area contributed by atoms with Crippen LogP contribution in [0.1, 0.15) is 26.1 Å². The number of carboxylic acid groups (broad SMARTS) is 1. The van der Waals surface area contributed by atoms with Gasteiger partial charge in [0.05, 0.1) is 5.25 Å². The Morgan fingerprint density at radius 2 is 2.11 bits per heavy atom. The molecule has 1 fully saturated rings. The van der Waals surface area contributed by atoms with Crippen LogP contribution < -0.4 is 11.4 Å². The van der Waals surface area contributed by atoms with Crippen LogP contribution in [-0.4, -0.2) is 56.7 Å². The first-order valence-corrected chi connectivity index (χ1v) is 8.82. The monoisotopic (exact) mass is 405 g/mol. The molecule has 0 radical (unpaired) electrons. The van der Waals surface area contributed by atoms with Gasteiger partial charge in [-0.05, 0) is 26.8 Å². The Hall–Kier alpha value is -2.50. The van der Waals surface area contributed by atoms with E-state index in [2.05, 4.69) is 9.72 Å². The van der Waals surface area contributed by atoms with Crippen molar-refractivity contribution < 1.29 is 33.3 Å². The quantitative estimate of drug-likeness (QED) is 0.712. The Labute approximate surface area is 157 Å². The summed E-state index contributed by atoms with van der Waals surface area (Å²) in [5, 5.41) is 6.68. The van der Waals surface area contributed by atoms with Gasteiger partial charge in [0.15, 0.2) is 12.3 Å². The molecule has 12 heteroatoms. The maximum absolute atomic E-state index is 15.0. The third-order valence-corrected chi connectivity index (χ3v) is 4.91. The highest BCUT2D eigenvalue weighted by atomic mass is 32.2. The molecule has 4 atom stereocenters. The van der Waals surface area contributed by atoms with E-state index in [9.17, 15) is 14.4 Å². The van der Waals surface area contributed by atoms with Gasteiger partial charge in [0.2, 0.25) is 0 Å². The summed E-state index contributed by atoms with van der Waals surface area (Å²) >= 11 is 0.888. The first kappa shape index (κ1) is 20.8. The highest BCUT2D eigenvalue weighted by Gasteiger charge is 2.49. The Bertz CT molecular complexity index is 767. The summed E-state index contributed by atoms with van der Waals surface area (Å²) in [5.74, 6) is -0.0260. The van der Waals surface area contributed by atoms with E-state index in [4.69, 9.17) is 20.3 Å². The van der Waals surface area contributed by atoms with E-state index in [0.29, 0.717) is 0 Å². The van der Waals surface area contributed by atoms with Crippen molar-refractivity contribution in [1.82, 2.24) is 9.55 Å². The smallest absolute Gasteiger partial charge is 0.450 e. The molecule has 1 aliphatic rings. The van der Waals surface area contributed by atoms with Gasteiger partial charge >= 0.3 is 18.0 Å². The van der Waals surface area contributed by atoms with E-state index in [1.807, 2.05) is 0 Å². The molecule has 0 unspecified atom stereocenters. The SMILES string of the molecule is CC(C)(C)OC(=O)O[C@H]1[C@H](F)[C@H](n2ccc(N)nc2=O)S[C@@H]1COC(=O)O. The number of carbonyl (C=O) groups excluding carboxylic acids is 1. The van der Waals surface area contributed by atoms with Crippen molar-refractivity contribution >= 4 is 29.9 Å². The van der Waals surface area contributed by atoms with Gasteiger partial charge in [-0.1, -0.05) is 0 Å². The average molecular weight is 405 g/mol. The maximum atomic E-state index is 15.0. The predicted octanol–water partition coefficient (Wildman–Crippen LogP) is 1.79. The molecule has 150 valence electrons. The topological polar surface area (TPSA) is 143 Å². The molecule has 1 aliphatic heterocycles. The van der Waals surface area contributed by atoms with Crippen molar-refractivity contribution in [3.05, 3.63) is 22.7 Å². The molecule has 3 N–H and O–H groups in total. The molecule has 0 spiro atoms. The third-order valence-electron chi connectivity index (χ3n) is 3.39. The molecule has 2 heterocycles. The van der Waals surface area contributed by atoms with E-state index in [1.54, 1.807) is 20.8 Å². The average Bonchev–Trinajstić information content (AvgIpc) is 2.80. The number of hydrogen-bond donors (Lipinski definition) is 2. The number of alkyl halides is 1. The Morgan fingerprint density at radius 3 is 2.67 bits per heavy atom. The van der Waals surface area contributed by atoms with Crippen LogP contribution in [0.3, 0.4) is 0 Å². The van der Waals surface area contributed by atoms with Crippen LogP contribution in [0.2, 0.25) is 0 Å². The zero-order chi connectivity index (χ0) is 20.4. The van der Waals surface area contributed by atoms with Crippen molar-refractivity contribution in [1.29, 1.82) is 0 Å². The number of nitrogens with two attached hydrogens (primary N) is 1. The van der Waals surface area contributed by atoms with Gasteiger partial charge in [-0.2, -0.15) is 4.98 Å². The maximum Gasteiger partial charge on any atom is 0.509 e. The molecule has 10 nitrogen and oxygen atoms in total. The number of carbonyl (C=O) groups is 2. The molecule has 1 aromatic rings. The summed E-state index contributed by atoms with van der Waals surface area (Å²) in [6, 6.07) is 1.32. The van der Waals surface area contributed by atoms with Crippen LogP contribution in [0.15, 0.2) is 17.1 Å². The number of hydrogen-bond acceptors (Lipinski definition) is 9. The van der Waals surface area contributed by atoms with Gasteiger partial charge in [0, 0.05) is 6.20 Å². The minimum Gasteiger partial charge on any atom is -0.450 e. The van der Waals surface area contributed by atoms with Gasteiger partial charge in [-0.25, -0.2) is 18.8 Å². The van der Waals surface area contributed by atoms with E-state index >= 15 is 4.39 Å². The molecular weight excluding hydrogens is 385 g/mol. The number of aromatic nitrogens is 2. The number of anilines is 1. The Kier molecular flexibility index (Phi) is 6.19. The lowest BCUT2D eigenvalue weighted by Crippen LogP contribution is -2.39. The number of halogens is 1. The number of nitrogens with zero attached hydrogens (tertiary/aromatic N) is 2. The van der Waals surface area contributed by atoms with Crippen LogP contribution in [0.4, 0.5) is 19.8 Å². The fraction of sp³-hybridized carbons (Fsp3) is 0.600. The second-order valence-corrected chi connectivity index (χ2v) is 8.04.